The molecule has 1 aromatic heterocycles. The lowest BCUT2D eigenvalue weighted by Gasteiger charge is -2.06. The number of carboxylic acid groups (broad SMARTS) is 1. The van der Waals surface area contributed by atoms with Crippen molar-refractivity contribution in [3.63, 3.8) is 0 Å². The van der Waals surface area contributed by atoms with Crippen molar-refractivity contribution in [3.8, 4) is 5.69 Å². The van der Waals surface area contributed by atoms with Crippen molar-refractivity contribution in [1.29, 1.82) is 0 Å². The first kappa shape index (κ1) is 19.8. The summed E-state index contributed by atoms with van der Waals surface area (Å²) < 4.78 is 14.7. The molecule has 1 aromatic carbocycles. The van der Waals surface area contributed by atoms with Crippen LogP contribution >= 0.6 is 11.6 Å². The quantitative estimate of drug-likeness (QED) is 0.649. The van der Waals surface area contributed by atoms with Crippen LogP contribution in [-0.4, -0.2) is 38.5 Å². The third-order valence-corrected chi connectivity index (χ3v) is 4.15. The van der Waals surface area contributed by atoms with Gasteiger partial charge in [0.25, 0.3) is 5.91 Å². The minimum atomic E-state index is -0.792. The Morgan fingerprint density at radius 2 is 2.00 bits per heavy atom. The molecule has 0 fully saturated rings. The van der Waals surface area contributed by atoms with Gasteiger partial charge in [-0.05, 0) is 38.0 Å². The third-order valence-electron chi connectivity index (χ3n) is 3.86. The molecule has 2 N–H and O–H groups in total. The highest BCUT2D eigenvalue weighted by Crippen LogP contribution is 2.20. The van der Waals surface area contributed by atoms with Crippen LogP contribution in [0.1, 0.15) is 48.3 Å². The molecule has 9 heteroatoms. The highest BCUT2D eigenvalue weighted by molar-refractivity contribution is 6.30. The summed E-state index contributed by atoms with van der Waals surface area (Å²) in [5, 5.41) is 19.1. The van der Waals surface area contributed by atoms with Crippen molar-refractivity contribution in [2.75, 3.05) is 6.54 Å². The van der Waals surface area contributed by atoms with E-state index in [1.807, 2.05) is 0 Å². The van der Waals surface area contributed by atoms with Crippen LogP contribution in [0, 0.1) is 12.7 Å². The number of amides is 1. The van der Waals surface area contributed by atoms with Gasteiger partial charge >= 0.3 is 5.97 Å². The summed E-state index contributed by atoms with van der Waals surface area (Å²) in [6.07, 6.45) is 3.21. The second kappa shape index (κ2) is 9.28. The zero-order valence-electron chi connectivity index (χ0n) is 14.3. The van der Waals surface area contributed by atoms with Crippen molar-refractivity contribution in [2.45, 2.75) is 39.0 Å². The van der Waals surface area contributed by atoms with E-state index in [1.54, 1.807) is 6.92 Å². The van der Waals surface area contributed by atoms with Gasteiger partial charge in [0.1, 0.15) is 5.82 Å². The molecule has 0 aliphatic rings. The first-order valence-corrected chi connectivity index (χ1v) is 8.65. The topological polar surface area (TPSA) is 97.1 Å². The Balaban J connectivity index is 1.87. The normalized spacial score (nSPS) is 10.7. The summed E-state index contributed by atoms with van der Waals surface area (Å²) in [4.78, 5) is 22.6. The van der Waals surface area contributed by atoms with Crippen LogP contribution in [-0.2, 0) is 4.79 Å². The van der Waals surface area contributed by atoms with Crippen LogP contribution in [0.15, 0.2) is 18.2 Å². The summed E-state index contributed by atoms with van der Waals surface area (Å²) in [7, 11) is 0. The van der Waals surface area contributed by atoms with Crippen LogP contribution in [0.2, 0.25) is 5.02 Å². The molecule has 2 rings (SSSR count). The van der Waals surface area contributed by atoms with Crippen molar-refractivity contribution in [2.24, 2.45) is 0 Å². The number of rotatable bonds is 9. The van der Waals surface area contributed by atoms with Crippen molar-refractivity contribution in [1.82, 2.24) is 20.3 Å². The lowest BCUT2D eigenvalue weighted by atomic mass is 10.1. The van der Waals surface area contributed by atoms with E-state index in [-0.39, 0.29) is 23.0 Å². The molecule has 1 heterocycles. The molecule has 0 aliphatic carbocycles. The molecule has 0 unspecified atom stereocenters. The van der Waals surface area contributed by atoms with Gasteiger partial charge in [-0.1, -0.05) is 29.7 Å². The lowest BCUT2D eigenvalue weighted by Crippen LogP contribution is -2.25. The van der Waals surface area contributed by atoms with Crippen molar-refractivity contribution in [3.05, 3.63) is 40.4 Å². The molecule has 7 nitrogen and oxygen atoms in total. The van der Waals surface area contributed by atoms with E-state index in [4.69, 9.17) is 16.7 Å². The Hall–Kier alpha value is -2.48. The number of halogens is 2. The van der Waals surface area contributed by atoms with E-state index in [2.05, 4.69) is 15.6 Å². The van der Waals surface area contributed by atoms with Gasteiger partial charge in [-0.25, -0.2) is 9.07 Å². The average Bonchev–Trinajstić information content (AvgIpc) is 2.97. The summed E-state index contributed by atoms with van der Waals surface area (Å²) >= 11 is 5.77. The molecule has 140 valence electrons. The van der Waals surface area contributed by atoms with Gasteiger partial charge in [0.15, 0.2) is 5.69 Å². The minimum Gasteiger partial charge on any atom is -0.481 e. The second-order valence-corrected chi connectivity index (χ2v) is 6.25. The maximum absolute atomic E-state index is 13.3. The maximum Gasteiger partial charge on any atom is 0.303 e. The molecule has 0 atom stereocenters. The number of aliphatic carboxylic acids is 1. The van der Waals surface area contributed by atoms with Crippen LogP contribution in [0.4, 0.5) is 4.39 Å². The summed E-state index contributed by atoms with van der Waals surface area (Å²) in [5.74, 6) is -1.67. The molecule has 0 spiro atoms. The number of nitrogens with one attached hydrogen (secondary N) is 1. The standard InChI is InChI=1S/C17H20ClFN4O3/c1-11-16(17(26)20-9-5-3-2-4-6-15(24)25)21-22-23(11)12-7-8-14(19)13(18)10-12/h7-8,10H,2-6,9H2,1H3,(H,20,26)(H,24,25). The largest absolute Gasteiger partial charge is 0.481 e. The van der Waals surface area contributed by atoms with Gasteiger partial charge in [-0.15, -0.1) is 5.10 Å². The number of hydrogen-bond acceptors (Lipinski definition) is 4. The number of carbonyl (C=O) groups is 2. The Bertz CT molecular complexity index is 794. The first-order chi connectivity index (χ1) is 12.4. The third kappa shape index (κ3) is 5.26. The van der Waals surface area contributed by atoms with Gasteiger partial charge in [0.05, 0.1) is 16.4 Å². The number of benzene rings is 1. The summed E-state index contributed by atoms with van der Waals surface area (Å²) in [6, 6.07) is 4.14. The Labute approximate surface area is 155 Å². The second-order valence-electron chi connectivity index (χ2n) is 5.85. The molecule has 0 radical (unpaired) electrons. The van der Waals surface area contributed by atoms with Gasteiger partial charge in [0, 0.05) is 13.0 Å². The average molecular weight is 383 g/mol. The molecule has 0 aliphatic heterocycles. The smallest absolute Gasteiger partial charge is 0.303 e. The fourth-order valence-electron chi connectivity index (χ4n) is 2.44. The highest BCUT2D eigenvalue weighted by atomic mass is 35.5. The number of hydrogen-bond donors (Lipinski definition) is 2. The van der Waals surface area contributed by atoms with Crippen LogP contribution in [0.25, 0.3) is 5.69 Å². The highest BCUT2D eigenvalue weighted by Gasteiger charge is 2.17. The Morgan fingerprint density at radius 3 is 2.69 bits per heavy atom. The Kier molecular flexibility index (Phi) is 7.08. The van der Waals surface area contributed by atoms with Gasteiger partial charge in [0.2, 0.25) is 0 Å². The van der Waals surface area contributed by atoms with Gasteiger partial charge in [-0.3, -0.25) is 9.59 Å². The SMILES string of the molecule is Cc1c(C(=O)NCCCCCCC(=O)O)nnn1-c1ccc(F)c(Cl)c1. The number of nitrogens with zero attached hydrogens (tertiary/aromatic N) is 3. The van der Waals surface area contributed by atoms with Gasteiger partial charge < -0.3 is 10.4 Å². The molecule has 0 saturated carbocycles. The molecule has 1 amide bonds. The van der Waals surface area contributed by atoms with E-state index in [0.717, 1.165) is 19.3 Å². The molecule has 26 heavy (non-hydrogen) atoms. The van der Waals surface area contributed by atoms with Crippen LogP contribution in [0.3, 0.4) is 0 Å². The van der Waals surface area contributed by atoms with Crippen LogP contribution in [0.5, 0.6) is 0 Å². The van der Waals surface area contributed by atoms with E-state index >= 15 is 0 Å². The lowest BCUT2D eigenvalue weighted by molar-refractivity contribution is -0.137. The summed E-state index contributed by atoms with van der Waals surface area (Å²) in [5.41, 5.74) is 1.22. The van der Waals surface area contributed by atoms with E-state index in [9.17, 15) is 14.0 Å². The van der Waals surface area contributed by atoms with E-state index in [0.29, 0.717) is 24.3 Å². The first-order valence-electron chi connectivity index (χ1n) is 8.28. The number of carbonyl (C=O) groups excluding carboxylic acids is 1. The van der Waals surface area contributed by atoms with Crippen molar-refractivity contribution < 1.29 is 19.1 Å². The summed E-state index contributed by atoms with van der Waals surface area (Å²) in [6.45, 7) is 2.17. The molecular formula is C17H20ClFN4O3. The molecule has 0 bridgehead atoms. The zero-order chi connectivity index (χ0) is 19.1. The molecular weight excluding hydrogens is 363 g/mol. The molecule has 0 saturated heterocycles. The Morgan fingerprint density at radius 1 is 1.27 bits per heavy atom. The zero-order valence-corrected chi connectivity index (χ0v) is 15.1. The maximum atomic E-state index is 13.3. The monoisotopic (exact) mass is 382 g/mol. The van der Waals surface area contributed by atoms with E-state index < -0.39 is 11.8 Å². The minimum absolute atomic E-state index is 0.0358. The van der Waals surface area contributed by atoms with Gasteiger partial charge in [-0.2, -0.15) is 0 Å². The van der Waals surface area contributed by atoms with Crippen molar-refractivity contribution >= 4 is 23.5 Å². The number of carboxylic acids is 1. The molecule has 2 aromatic rings. The number of unbranched alkanes of at least 4 members (excludes halogenated alkanes) is 3. The number of aromatic nitrogens is 3. The predicted molar refractivity (Wildman–Crippen MR) is 94.1 cm³/mol. The fraction of sp³-hybridized carbons (Fsp3) is 0.412. The predicted octanol–water partition coefficient (Wildman–Crippen LogP) is 3.13. The van der Waals surface area contributed by atoms with E-state index in [1.165, 1.54) is 22.9 Å². The fourth-order valence-corrected chi connectivity index (χ4v) is 2.62. The van der Waals surface area contributed by atoms with Crippen LogP contribution < -0.4 is 5.32 Å².